The molecule has 1 aromatic heterocycles. The van der Waals surface area contributed by atoms with Crippen LogP contribution in [0.2, 0.25) is 0 Å². The molecule has 0 aliphatic carbocycles. The highest BCUT2D eigenvalue weighted by Gasteiger charge is 2.10. The highest BCUT2D eigenvalue weighted by molar-refractivity contribution is 5.93. The Morgan fingerprint density at radius 2 is 1.41 bits per heavy atom. The quantitative estimate of drug-likeness (QED) is 0.532. The summed E-state index contributed by atoms with van der Waals surface area (Å²) >= 11 is 0. The van der Waals surface area contributed by atoms with E-state index in [1.54, 1.807) is 0 Å². The average Bonchev–Trinajstić information content (AvgIpc) is 2.70. The van der Waals surface area contributed by atoms with Crippen LogP contribution in [-0.2, 0) is 17.8 Å². The van der Waals surface area contributed by atoms with Gasteiger partial charge in [-0.2, -0.15) is 4.57 Å². The Bertz CT molecular complexity index is 1060. The topological polar surface area (TPSA) is 33.0 Å². The van der Waals surface area contributed by atoms with E-state index in [-0.39, 0.29) is 5.91 Å². The lowest BCUT2D eigenvalue weighted by molar-refractivity contribution is -0.684. The molecule has 3 nitrogen and oxygen atoms in total. The van der Waals surface area contributed by atoms with E-state index >= 15 is 0 Å². The fraction of sp³-hybridized carbons (Fsp3) is 0.0833. The number of nitrogens with one attached hydrogen (secondary N) is 1. The van der Waals surface area contributed by atoms with Gasteiger partial charge in [0.1, 0.15) is 0 Å². The molecule has 3 aromatic carbocycles. The molecule has 1 heterocycles. The van der Waals surface area contributed by atoms with Crippen molar-refractivity contribution in [3.63, 3.8) is 0 Å². The van der Waals surface area contributed by atoms with Gasteiger partial charge in [-0.25, -0.2) is 0 Å². The van der Waals surface area contributed by atoms with Crippen molar-refractivity contribution >= 4 is 22.4 Å². The van der Waals surface area contributed by atoms with Gasteiger partial charge in [0.15, 0.2) is 12.4 Å². The average molecular weight is 353 g/mol. The highest BCUT2D eigenvalue weighted by Crippen LogP contribution is 2.18. The van der Waals surface area contributed by atoms with E-state index in [1.807, 2.05) is 59.4 Å². The molecule has 27 heavy (non-hydrogen) atoms. The standard InChI is InChI=1S/C24H20N2O/c27-24(25-23-11-10-21-8-4-5-9-22(21)17-23)18-26-14-12-20(13-15-26)16-19-6-2-1-3-7-19/h1-15,17H,16,18H2/p+1. The van der Waals surface area contributed by atoms with Crippen LogP contribution in [0.1, 0.15) is 11.1 Å². The highest BCUT2D eigenvalue weighted by atomic mass is 16.1. The summed E-state index contributed by atoms with van der Waals surface area (Å²) in [5, 5.41) is 5.26. The van der Waals surface area contributed by atoms with E-state index in [9.17, 15) is 4.79 Å². The first kappa shape index (κ1) is 17.0. The Morgan fingerprint density at radius 1 is 0.741 bits per heavy atom. The fourth-order valence-electron chi connectivity index (χ4n) is 3.18. The maximum Gasteiger partial charge on any atom is 0.290 e. The van der Waals surface area contributed by atoms with E-state index in [0.717, 1.165) is 17.5 Å². The number of carbonyl (C=O) groups excluding carboxylic acids is 1. The molecule has 1 amide bonds. The third-order valence-corrected chi connectivity index (χ3v) is 4.57. The molecule has 0 radical (unpaired) electrons. The molecule has 4 rings (SSSR count). The van der Waals surface area contributed by atoms with Gasteiger partial charge in [0.2, 0.25) is 6.54 Å². The van der Waals surface area contributed by atoms with Crippen molar-refractivity contribution in [3.8, 4) is 0 Å². The molecular weight excluding hydrogens is 332 g/mol. The number of hydrogen-bond acceptors (Lipinski definition) is 1. The molecule has 132 valence electrons. The SMILES string of the molecule is O=C(C[n+]1ccc(Cc2ccccc2)cc1)Nc1ccc2ccccc2c1. The van der Waals surface area contributed by atoms with Crippen LogP contribution in [-0.4, -0.2) is 5.91 Å². The van der Waals surface area contributed by atoms with Gasteiger partial charge in [-0.3, -0.25) is 4.79 Å². The molecular formula is C24H21N2O+. The zero-order chi connectivity index (χ0) is 18.5. The van der Waals surface area contributed by atoms with Crippen LogP contribution in [0.5, 0.6) is 0 Å². The van der Waals surface area contributed by atoms with Crippen LogP contribution in [0.3, 0.4) is 0 Å². The van der Waals surface area contributed by atoms with Crippen molar-refractivity contribution in [2.24, 2.45) is 0 Å². The third kappa shape index (κ3) is 4.39. The van der Waals surface area contributed by atoms with Crippen LogP contribution >= 0.6 is 0 Å². The number of pyridine rings is 1. The van der Waals surface area contributed by atoms with Gasteiger partial charge in [-0.05, 0) is 40.5 Å². The van der Waals surface area contributed by atoms with Gasteiger partial charge in [0.25, 0.3) is 5.91 Å². The Balaban J connectivity index is 1.38. The van der Waals surface area contributed by atoms with Crippen molar-refractivity contribution in [2.45, 2.75) is 13.0 Å². The lowest BCUT2D eigenvalue weighted by Crippen LogP contribution is -2.39. The van der Waals surface area contributed by atoms with Crippen LogP contribution in [0, 0.1) is 0 Å². The van der Waals surface area contributed by atoms with Crippen molar-refractivity contribution in [2.75, 3.05) is 5.32 Å². The molecule has 0 bridgehead atoms. The third-order valence-electron chi connectivity index (χ3n) is 4.57. The molecule has 0 atom stereocenters. The number of hydrogen-bond donors (Lipinski definition) is 1. The molecule has 0 fully saturated rings. The number of aromatic nitrogens is 1. The van der Waals surface area contributed by atoms with Crippen molar-refractivity contribution in [1.29, 1.82) is 0 Å². The molecule has 0 saturated carbocycles. The van der Waals surface area contributed by atoms with Crippen LogP contribution in [0.15, 0.2) is 97.3 Å². The van der Waals surface area contributed by atoms with Gasteiger partial charge in [0.05, 0.1) is 0 Å². The molecule has 0 saturated heterocycles. The molecule has 3 heteroatoms. The second kappa shape index (κ2) is 7.83. The fourth-order valence-corrected chi connectivity index (χ4v) is 3.18. The number of rotatable bonds is 5. The lowest BCUT2D eigenvalue weighted by atomic mass is 10.1. The molecule has 0 aliphatic rings. The van der Waals surface area contributed by atoms with E-state index in [4.69, 9.17) is 0 Å². The van der Waals surface area contributed by atoms with E-state index in [1.165, 1.54) is 16.5 Å². The van der Waals surface area contributed by atoms with Crippen molar-refractivity contribution in [1.82, 2.24) is 0 Å². The second-order valence-corrected chi connectivity index (χ2v) is 6.65. The Labute approximate surface area is 158 Å². The smallest absolute Gasteiger partial charge is 0.290 e. The molecule has 4 aromatic rings. The first-order valence-electron chi connectivity index (χ1n) is 9.07. The maximum atomic E-state index is 12.4. The summed E-state index contributed by atoms with van der Waals surface area (Å²) in [5.74, 6) is -0.0360. The molecule has 0 aliphatic heterocycles. The van der Waals surface area contributed by atoms with E-state index < -0.39 is 0 Å². The number of benzene rings is 3. The summed E-state index contributed by atoms with van der Waals surface area (Å²) in [7, 11) is 0. The van der Waals surface area contributed by atoms with Crippen LogP contribution < -0.4 is 9.88 Å². The normalized spacial score (nSPS) is 10.7. The van der Waals surface area contributed by atoms with Gasteiger partial charge in [0, 0.05) is 17.8 Å². The maximum absolute atomic E-state index is 12.4. The number of fused-ring (bicyclic) bond motifs is 1. The largest absolute Gasteiger partial charge is 0.321 e. The second-order valence-electron chi connectivity index (χ2n) is 6.65. The van der Waals surface area contributed by atoms with Crippen molar-refractivity contribution < 1.29 is 9.36 Å². The van der Waals surface area contributed by atoms with Gasteiger partial charge in [-0.1, -0.05) is 60.7 Å². The summed E-state index contributed by atoms with van der Waals surface area (Å²) in [5.41, 5.74) is 3.33. The number of nitrogens with zero attached hydrogens (tertiary/aromatic N) is 1. The predicted octanol–water partition coefficient (Wildman–Crippen LogP) is 4.36. The Morgan fingerprint density at radius 3 is 2.19 bits per heavy atom. The summed E-state index contributed by atoms with van der Waals surface area (Å²) < 4.78 is 1.89. The summed E-state index contributed by atoms with van der Waals surface area (Å²) in [6, 6.07) is 28.6. The van der Waals surface area contributed by atoms with E-state index in [0.29, 0.717) is 6.54 Å². The molecule has 1 N–H and O–H groups in total. The monoisotopic (exact) mass is 353 g/mol. The predicted molar refractivity (Wildman–Crippen MR) is 108 cm³/mol. The van der Waals surface area contributed by atoms with Gasteiger partial charge >= 0.3 is 0 Å². The Kier molecular flexibility index (Phi) is 4.93. The Hall–Kier alpha value is -3.46. The minimum Gasteiger partial charge on any atom is -0.321 e. The minimum atomic E-state index is -0.0360. The van der Waals surface area contributed by atoms with Crippen LogP contribution in [0.4, 0.5) is 5.69 Å². The number of anilines is 1. The summed E-state index contributed by atoms with van der Waals surface area (Å²) in [6.07, 6.45) is 4.81. The zero-order valence-electron chi connectivity index (χ0n) is 15.0. The van der Waals surface area contributed by atoms with E-state index in [2.05, 4.69) is 47.8 Å². The first-order valence-corrected chi connectivity index (χ1v) is 9.07. The number of amides is 1. The summed E-state index contributed by atoms with van der Waals surface area (Å²) in [6.45, 7) is 0.290. The minimum absolute atomic E-state index is 0.0360. The molecule has 0 unspecified atom stereocenters. The summed E-state index contributed by atoms with van der Waals surface area (Å²) in [4.78, 5) is 12.4. The van der Waals surface area contributed by atoms with Crippen LogP contribution in [0.25, 0.3) is 10.8 Å². The van der Waals surface area contributed by atoms with Gasteiger partial charge in [-0.15, -0.1) is 0 Å². The lowest BCUT2D eigenvalue weighted by Gasteiger charge is -2.05. The zero-order valence-corrected chi connectivity index (χ0v) is 15.0. The number of carbonyl (C=O) groups is 1. The first-order chi connectivity index (χ1) is 13.3. The van der Waals surface area contributed by atoms with Gasteiger partial charge < -0.3 is 5.32 Å². The molecule has 0 spiro atoms. The van der Waals surface area contributed by atoms with Crippen molar-refractivity contribution in [3.05, 3.63) is 108 Å².